The van der Waals surface area contributed by atoms with E-state index in [1.54, 1.807) is 0 Å². The zero-order chi connectivity index (χ0) is 15.1. The molecule has 112 valence electrons. The van der Waals surface area contributed by atoms with E-state index in [-0.39, 0.29) is 12.5 Å². The van der Waals surface area contributed by atoms with Crippen LogP contribution in [0.5, 0.6) is 0 Å². The molecule has 0 bridgehead atoms. The number of hydrogen-bond donors (Lipinski definition) is 3. The van der Waals surface area contributed by atoms with Gasteiger partial charge in [0.05, 0.1) is 12.5 Å². The highest BCUT2D eigenvalue weighted by Crippen LogP contribution is 2.21. The lowest BCUT2D eigenvalue weighted by Crippen LogP contribution is -2.35. The van der Waals surface area contributed by atoms with Crippen LogP contribution in [0.3, 0.4) is 0 Å². The van der Waals surface area contributed by atoms with Crippen molar-refractivity contribution in [1.82, 2.24) is 5.32 Å². The Morgan fingerprint density at radius 1 is 1.30 bits per heavy atom. The number of carboxylic acid groups (broad SMARTS) is 1. The number of carbonyl (C=O) groups is 1. The first-order valence-corrected chi connectivity index (χ1v) is 6.86. The zero-order valence-corrected chi connectivity index (χ0v) is 12.3. The van der Waals surface area contributed by atoms with Gasteiger partial charge in [-0.3, -0.25) is 4.79 Å². The highest BCUT2D eigenvalue weighted by atomic mass is 16.4. The van der Waals surface area contributed by atoms with E-state index in [1.165, 1.54) is 0 Å². The van der Waals surface area contributed by atoms with Gasteiger partial charge in [0.15, 0.2) is 0 Å². The van der Waals surface area contributed by atoms with Crippen LogP contribution in [0.15, 0.2) is 24.3 Å². The lowest BCUT2D eigenvalue weighted by atomic mass is 10.00. The van der Waals surface area contributed by atoms with Crippen molar-refractivity contribution in [2.24, 2.45) is 0 Å². The lowest BCUT2D eigenvalue weighted by Gasteiger charge is -2.23. The van der Waals surface area contributed by atoms with Crippen LogP contribution in [0, 0.1) is 0 Å². The summed E-state index contributed by atoms with van der Waals surface area (Å²) in [7, 11) is 3.93. The number of benzene rings is 1. The average Bonchev–Trinajstić information content (AvgIpc) is 2.42. The van der Waals surface area contributed by atoms with Crippen LogP contribution in [0.4, 0.5) is 5.69 Å². The van der Waals surface area contributed by atoms with Crippen LogP contribution in [0.1, 0.15) is 31.4 Å². The topological polar surface area (TPSA) is 72.8 Å². The molecule has 5 nitrogen and oxygen atoms in total. The minimum Gasteiger partial charge on any atom is -0.481 e. The van der Waals surface area contributed by atoms with Crippen molar-refractivity contribution in [3.8, 4) is 0 Å². The van der Waals surface area contributed by atoms with Crippen molar-refractivity contribution < 1.29 is 15.0 Å². The van der Waals surface area contributed by atoms with E-state index in [2.05, 4.69) is 5.32 Å². The molecule has 0 fully saturated rings. The molecule has 1 aromatic rings. The third-order valence-electron chi connectivity index (χ3n) is 3.32. The minimum absolute atomic E-state index is 0.0583. The summed E-state index contributed by atoms with van der Waals surface area (Å²) in [6.45, 7) is 2.33. The summed E-state index contributed by atoms with van der Waals surface area (Å²) in [5.74, 6) is -0.836. The molecule has 0 aliphatic carbocycles. The fraction of sp³-hybridized carbons (Fsp3) is 0.533. The molecule has 20 heavy (non-hydrogen) atoms. The van der Waals surface area contributed by atoms with Crippen LogP contribution >= 0.6 is 0 Å². The molecular formula is C15H24N2O3. The van der Waals surface area contributed by atoms with Gasteiger partial charge in [-0.05, 0) is 24.1 Å². The van der Waals surface area contributed by atoms with Gasteiger partial charge < -0.3 is 20.4 Å². The largest absolute Gasteiger partial charge is 0.481 e. The fourth-order valence-electron chi connectivity index (χ4n) is 2.05. The molecule has 0 aliphatic heterocycles. The Morgan fingerprint density at radius 2 is 1.90 bits per heavy atom. The van der Waals surface area contributed by atoms with Gasteiger partial charge in [0.25, 0.3) is 0 Å². The summed E-state index contributed by atoms with van der Waals surface area (Å²) < 4.78 is 0. The molecule has 0 heterocycles. The van der Waals surface area contributed by atoms with Crippen LogP contribution < -0.4 is 10.2 Å². The SMILES string of the molecule is CCC(NCCC(=O)O)C(O)c1ccc(N(C)C)cc1. The zero-order valence-electron chi connectivity index (χ0n) is 12.3. The summed E-state index contributed by atoms with van der Waals surface area (Å²) in [6, 6.07) is 7.59. The van der Waals surface area contributed by atoms with E-state index in [0.29, 0.717) is 6.54 Å². The molecule has 0 aliphatic rings. The third-order valence-corrected chi connectivity index (χ3v) is 3.32. The second-order valence-electron chi connectivity index (χ2n) is 5.04. The summed E-state index contributed by atoms with van der Waals surface area (Å²) >= 11 is 0. The number of carboxylic acids is 1. The Balaban J connectivity index is 2.65. The molecule has 0 saturated carbocycles. The number of aliphatic hydroxyl groups excluding tert-OH is 1. The molecule has 5 heteroatoms. The van der Waals surface area contributed by atoms with Crippen LogP contribution in [0.2, 0.25) is 0 Å². The smallest absolute Gasteiger partial charge is 0.304 e. The normalized spacial score (nSPS) is 13.8. The summed E-state index contributed by atoms with van der Waals surface area (Å²) in [6.07, 6.45) is 0.156. The van der Waals surface area contributed by atoms with Gasteiger partial charge >= 0.3 is 5.97 Å². The summed E-state index contributed by atoms with van der Waals surface area (Å²) in [5, 5.41) is 22.1. The third kappa shape index (κ3) is 4.83. The fourth-order valence-corrected chi connectivity index (χ4v) is 2.05. The standard InChI is InChI=1S/C15H24N2O3/c1-4-13(16-10-9-14(18)19)15(20)11-5-7-12(8-6-11)17(2)3/h5-8,13,15-16,20H,4,9-10H2,1-3H3,(H,18,19). The number of aliphatic carboxylic acids is 1. The van der Waals surface area contributed by atoms with Gasteiger partial charge in [-0.25, -0.2) is 0 Å². The molecule has 1 rings (SSSR count). The van der Waals surface area contributed by atoms with Gasteiger partial charge in [-0.1, -0.05) is 19.1 Å². The maximum atomic E-state index is 10.5. The molecule has 0 saturated heterocycles. The first-order chi connectivity index (χ1) is 9.45. The molecule has 1 aromatic carbocycles. The van der Waals surface area contributed by atoms with E-state index in [9.17, 15) is 9.90 Å². The molecule has 0 spiro atoms. The van der Waals surface area contributed by atoms with E-state index in [0.717, 1.165) is 17.7 Å². The van der Waals surface area contributed by atoms with Crippen molar-refractivity contribution in [3.05, 3.63) is 29.8 Å². The second kappa shape index (κ2) is 7.87. The Morgan fingerprint density at radius 3 is 2.35 bits per heavy atom. The Labute approximate surface area is 120 Å². The van der Waals surface area contributed by atoms with Crippen LogP contribution in [-0.4, -0.2) is 42.9 Å². The van der Waals surface area contributed by atoms with Crippen molar-refractivity contribution in [1.29, 1.82) is 0 Å². The molecule has 2 atom stereocenters. The van der Waals surface area contributed by atoms with Gasteiger partial charge in [-0.2, -0.15) is 0 Å². The maximum absolute atomic E-state index is 10.5. The highest BCUT2D eigenvalue weighted by Gasteiger charge is 2.18. The van der Waals surface area contributed by atoms with Gasteiger partial charge in [0, 0.05) is 32.4 Å². The molecule has 3 N–H and O–H groups in total. The molecule has 0 amide bonds. The Hall–Kier alpha value is -1.59. The highest BCUT2D eigenvalue weighted by molar-refractivity contribution is 5.66. The number of anilines is 1. The predicted octanol–water partition coefficient (Wildman–Crippen LogP) is 1.63. The van der Waals surface area contributed by atoms with Gasteiger partial charge in [0.2, 0.25) is 0 Å². The minimum atomic E-state index is -0.836. The number of nitrogens with zero attached hydrogens (tertiary/aromatic N) is 1. The van der Waals surface area contributed by atoms with Crippen molar-refractivity contribution in [2.75, 3.05) is 25.5 Å². The van der Waals surface area contributed by atoms with Crippen molar-refractivity contribution >= 4 is 11.7 Å². The van der Waals surface area contributed by atoms with E-state index < -0.39 is 12.1 Å². The molecule has 0 aromatic heterocycles. The van der Waals surface area contributed by atoms with E-state index >= 15 is 0 Å². The first-order valence-electron chi connectivity index (χ1n) is 6.86. The number of hydrogen-bond acceptors (Lipinski definition) is 4. The van der Waals surface area contributed by atoms with Gasteiger partial charge in [0.1, 0.15) is 0 Å². The summed E-state index contributed by atoms with van der Waals surface area (Å²) in [4.78, 5) is 12.5. The predicted molar refractivity (Wildman–Crippen MR) is 80.1 cm³/mol. The molecule has 2 unspecified atom stereocenters. The number of rotatable bonds is 8. The number of nitrogens with one attached hydrogen (secondary N) is 1. The van der Waals surface area contributed by atoms with E-state index in [1.807, 2.05) is 50.2 Å². The molecular weight excluding hydrogens is 256 g/mol. The Kier molecular flexibility index (Phi) is 6.48. The first kappa shape index (κ1) is 16.5. The van der Waals surface area contributed by atoms with Crippen molar-refractivity contribution in [3.63, 3.8) is 0 Å². The van der Waals surface area contributed by atoms with E-state index in [4.69, 9.17) is 5.11 Å². The second-order valence-corrected chi connectivity index (χ2v) is 5.04. The van der Waals surface area contributed by atoms with Gasteiger partial charge in [-0.15, -0.1) is 0 Å². The molecule has 0 radical (unpaired) electrons. The summed E-state index contributed by atoms with van der Waals surface area (Å²) in [5.41, 5.74) is 1.91. The van der Waals surface area contributed by atoms with Crippen molar-refractivity contribution in [2.45, 2.75) is 31.9 Å². The Bertz CT molecular complexity index is 418. The van der Waals surface area contributed by atoms with Crippen LogP contribution in [-0.2, 0) is 4.79 Å². The maximum Gasteiger partial charge on any atom is 0.304 e. The lowest BCUT2D eigenvalue weighted by molar-refractivity contribution is -0.136. The number of aliphatic hydroxyl groups is 1. The van der Waals surface area contributed by atoms with Crippen LogP contribution in [0.25, 0.3) is 0 Å². The average molecular weight is 280 g/mol. The monoisotopic (exact) mass is 280 g/mol. The quantitative estimate of drug-likeness (QED) is 0.675.